The summed E-state index contributed by atoms with van der Waals surface area (Å²) in [5.74, 6) is -3.47. The first-order valence-corrected chi connectivity index (χ1v) is 8.47. The van der Waals surface area contributed by atoms with Crippen molar-refractivity contribution in [3.05, 3.63) is 70.6 Å². The Morgan fingerprint density at radius 3 is 2.64 bits per heavy atom. The molecule has 0 spiro atoms. The Morgan fingerprint density at radius 2 is 2.00 bits per heavy atom. The number of aliphatic hydroxyl groups excluding tert-OH is 1. The first-order valence-electron chi connectivity index (χ1n) is 8.10. The molecule has 144 valence electrons. The molecule has 0 aliphatic rings. The van der Waals surface area contributed by atoms with Gasteiger partial charge in [-0.05, 0) is 29.8 Å². The van der Waals surface area contributed by atoms with Gasteiger partial charge in [0.05, 0.1) is 18.0 Å². The van der Waals surface area contributed by atoms with Crippen LogP contribution < -0.4 is 4.74 Å². The maximum atomic E-state index is 13.3. The number of hydrogen-bond donors (Lipinski definition) is 2. The minimum atomic E-state index is -1.68. The van der Waals surface area contributed by atoms with Crippen molar-refractivity contribution in [2.75, 3.05) is 7.11 Å². The Balaban J connectivity index is 2.17. The molecule has 0 saturated carbocycles. The summed E-state index contributed by atoms with van der Waals surface area (Å²) < 4.78 is 20.4. The minimum absolute atomic E-state index is 0.222. The summed E-state index contributed by atoms with van der Waals surface area (Å²) in [5, 5.41) is 19.9. The maximum absolute atomic E-state index is 13.3. The highest BCUT2D eigenvalue weighted by molar-refractivity contribution is 6.38. The van der Waals surface area contributed by atoms with Crippen LogP contribution in [0.25, 0.3) is 16.7 Å². The quantitative estimate of drug-likeness (QED) is 0.368. The molecular weight excluding hydrogens is 389 g/mol. The number of carbonyl (C=O) groups is 2. The Morgan fingerprint density at radius 1 is 1.25 bits per heavy atom. The van der Waals surface area contributed by atoms with Gasteiger partial charge in [0.2, 0.25) is 0 Å². The monoisotopic (exact) mass is 403 g/mol. The van der Waals surface area contributed by atoms with Crippen LogP contribution in [-0.4, -0.2) is 33.6 Å². The lowest BCUT2D eigenvalue weighted by Crippen LogP contribution is -2.09. The van der Waals surface area contributed by atoms with Crippen LogP contribution in [0.2, 0.25) is 5.02 Å². The van der Waals surface area contributed by atoms with E-state index in [0.29, 0.717) is 28.3 Å². The van der Waals surface area contributed by atoms with Crippen LogP contribution in [-0.2, 0) is 16.1 Å². The van der Waals surface area contributed by atoms with Crippen molar-refractivity contribution in [2.24, 2.45) is 0 Å². The number of ketones is 1. The van der Waals surface area contributed by atoms with E-state index in [4.69, 9.17) is 21.4 Å². The van der Waals surface area contributed by atoms with Crippen molar-refractivity contribution < 1.29 is 28.9 Å². The fourth-order valence-corrected chi connectivity index (χ4v) is 3.14. The summed E-state index contributed by atoms with van der Waals surface area (Å²) in [7, 11) is 1.45. The summed E-state index contributed by atoms with van der Waals surface area (Å²) in [6, 6.07) is 9.23. The molecule has 0 bridgehead atoms. The molecular formula is C20H15ClFNO5. The van der Waals surface area contributed by atoms with Gasteiger partial charge in [-0.25, -0.2) is 9.18 Å². The Kier molecular flexibility index (Phi) is 5.37. The highest BCUT2D eigenvalue weighted by Gasteiger charge is 2.19. The molecule has 3 rings (SSSR count). The SMILES string of the molecule is COc1cccc2c1c(/C(O)=C/C(=O)C(=O)O)cn2Cc1ccc(F)cc1Cl. The van der Waals surface area contributed by atoms with Gasteiger partial charge in [-0.15, -0.1) is 0 Å². The number of aliphatic carboxylic acids is 1. The second kappa shape index (κ2) is 7.74. The second-order valence-electron chi connectivity index (χ2n) is 5.96. The van der Waals surface area contributed by atoms with Crippen molar-refractivity contribution in [3.8, 4) is 5.75 Å². The third-order valence-corrected chi connectivity index (χ3v) is 4.55. The average molecular weight is 404 g/mol. The third-order valence-electron chi connectivity index (χ3n) is 4.20. The highest BCUT2D eigenvalue weighted by Crippen LogP contribution is 2.34. The van der Waals surface area contributed by atoms with Gasteiger partial charge in [-0.2, -0.15) is 0 Å². The number of methoxy groups -OCH3 is 1. The van der Waals surface area contributed by atoms with Gasteiger partial charge in [-0.3, -0.25) is 4.79 Å². The molecule has 3 aromatic rings. The van der Waals surface area contributed by atoms with Crippen LogP contribution in [0.3, 0.4) is 0 Å². The summed E-state index contributed by atoms with van der Waals surface area (Å²) >= 11 is 6.11. The molecule has 0 radical (unpaired) electrons. The van der Waals surface area contributed by atoms with Gasteiger partial charge in [0, 0.05) is 29.4 Å². The molecule has 0 aliphatic heterocycles. The number of fused-ring (bicyclic) bond motifs is 1. The summed E-state index contributed by atoms with van der Waals surface area (Å²) in [6.45, 7) is 0.253. The van der Waals surface area contributed by atoms with Gasteiger partial charge in [0.15, 0.2) is 0 Å². The fourth-order valence-electron chi connectivity index (χ4n) is 2.91. The van der Waals surface area contributed by atoms with Gasteiger partial charge in [-0.1, -0.05) is 23.7 Å². The van der Waals surface area contributed by atoms with Crippen molar-refractivity contribution >= 4 is 40.0 Å². The second-order valence-corrected chi connectivity index (χ2v) is 6.37. The lowest BCUT2D eigenvalue weighted by atomic mass is 10.1. The number of nitrogens with zero attached hydrogens (tertiary/aromatic N) is 1. The third kappa shape index (κ3) is 3.70. The van der Waals surface area contributed by atoms with E-state index in [0.717, 1.165) is 0 Å². The molecule has 2 aromatic carbocycles. The van der Waals surface area contributed by atoms with Gasteiger partial charge in [0.25, 0.3) is 5.78 Å². The number of halogens is 2. The van der Waals surface area contributed by atoms with Crippen LogP contribution in [0.1, 0.15) is 11.1 Å². The van der Waals surface area contributed by atoms with E-state index in [2.05, 4.69) is 0 Å². The number of benzene rings is 2. The van der Waals surface area contributed by atoms with E-state index < -0.39 is 23.3 Å². The Hall–Kier alpha value is -3.32. The average Bonchev–Trinajstić information content (AvgIpc) is 3.02. The van der Waals surface area contributed by atoms with Gasteiger partial charge < -0.3 is 19.5 Å². The van der Waals surface area contributed by atoms with Gasteiger partial charge in [0.1, 0.15) is 17.3 Å². The van der Waals surface area contributed by atoms with Crippen molar-refractivity contribution in [1.29, 1.82) is 0 Å². The lowest BCUT2D eigenvalue weighted by molar-refractivity contribution is -0.146. The van der Waals surface area contributed by atoms with Crippen LogP contribution in [0.4, 0.5) is 4.39 Å². The summed E-state index contributed by atoms with van der Waals surface area (Å²) in [4.78, 5) is 22.2. The molecule has 2 N–H and O–H groups in total. The number of rotatable bonds is 6. The molecule has 8 heteroatoms. The van der Waals surface area contributed by atoms with E-state index >= 15 is 0 Å². The molecule has 0 unspecified atom stereocenters. The van der Waals surface area contributed by atoms with Crippen molar-refractivity contribution in [3.63, 3.8) is 0 Å². The van der Waals surface area contributed by atoms with Crippen molar-refractivity contribution in [1.82, 2.24) is 4.57 Å². The molecule has 1 aromatic heterocycles. The van der Waals surface area contributed by atoms with Crippen LogP contribution >= 0.6 is 11.6 Å². The van der Waals surface area contributed by atoms with Gasteiger partial charge >= 0.3 is 5.97 Å². The number of carbonyl (C=O) groups excluding carboxylic acids is 1. The molecule has 0 atom stereocenters. The summed E-state index contributed by atoms with van der Waals surface area (Å²) in [6.07, 6.45) is 2.19. The number of aromatic nitrogens is 1. The topological polar surface area (TPSA) is 88.8 Å². The molecule has 0 fully saturated rings. The standard InChI is InChI=1S/C20H15ClFNO5/c1-28-18-4-2-3-15-19(18)13(16(24)8-17(25)20(26)27)10-23(15)9-11-5-6-12(22)7-14(11)21/h2-8,10,24H,9H2,1H3,(H,26,27)/b16-8-. The number of carboxylic acid groups (broad SMARTS) is 1. The zero-order valence-electron chi connectivity index (χ0n) is 14.6. The first kappa shape index (κ1) is 19.4. The molecule has 6 nitrogen and oxygen atoms in total. The Labute approximate surface area is 164 Å². The largest absolute Gasteiger partial charge is 0.507 e. The zero-order valence-corrected chi connectivity index (χ0v) is 15.4. The van der Waals surface area contributed by atoms with E-state index in [1.165, 1.54) is 19.2 Å². The Bertz CT molecular complexity index is 1120. The number of aliphatic hydroxyl groups is 1. The van der Waals surface area contributed by atoms with E-state index in [9.17, 15) is 19.1 Å². The summed E-state index contributed by atoms with van der Waals surface area (Å²) in [5.41, 5.74) is 1.51. The normalized spacial score (nSPS) is 11.6. The molecule has 0 amide bonds. The fraction of sp³-hybridized carbons (Fsp3) is 0.100. The van der Waals surface area contributed by atoms with E-state index in [1.54, 1.807) is 35.0 Å². The highest BCUT2D eigenvalue weighted by atomic mass is 35.5. The number of hydrogen-bond acceptors (Lipinski definition) is 4. The van der Waals surface area contributed by atoms with Crippen LogP contribution in [0.5, 0.6) is 5.75 Å². The molecule has 0 saturated heterocycles. The van der Waals surface area contributed by atoms with Crippen LogP contribution in [0, 0.1) is 5.82 Å². The number of ether oxygens (including phenoxy) is 1. The van der Waals surface area contributed by atoms with E-state index in [-0.39, 0.29) is 17.1 Å². The molecule has 1 heterocycles. The molecule has 28 heavy (non-hydrogen) atoms. The van der Waals surface area contributed by atoms with Crippen molar-refractivity contribution in [2.45, 2.75) is 6.54 Å². The smallest absolute Gasteiger partial charge is 0.376 e. The molecule has 0 aliphatic carbocycles. The first-order chi connectivity index (χ1) is 13.3. The van der Waals surface area contributed by atoms with Crippen LogP contribution in [0.15, 0.2) is 48.7 Å². The minimum Gasteiger partial charge on any atom is -0.507 e. The predicted molar refractivity (Wildman–Crippen MR) is 102 cm³/mol. The van der Waals surface area contributed by atoms with E-state index in [1.807, 2.05) is 0 Å². The number of carboxylic acids is 1. The zero-order chi connectivity index (χ0) is 20.4. The lowest BCUT2D eigenvalue weighted by Gasteiger charge is -2.08. The predicted octanol–water partition coefficient (Wildman–Crippen LogP) is 4.04. The maximum Gasteiger partial charge on any atom is 0.376 e.